The molecule has 1 amide bonds. The number of hydrogen-bond acceptors (Lipinski definition) is 3. The Morgan fingerprint density at radius 1 is 1.39 bits per heavy atom. The van der Waals surface area contributed by atoms with Crippen molar-refractivity contribution in [3.63, 3.8) is 0 Å². The summed E-state index contributed by atoms with van der Waals surface area (Å²) >= 11 is 0. The van der Waals surface area contributed by atoms with Crippen LogP contribution >= 0.6 is 0 Å². The van der Waals surface area contributed by atoms with Gasteiger partial charge in [0, 0.05) is 6.92 Å². The summed E-state index contributed by atoms with van der Waals surface area (Å²) in [7, 11) is 0. The number of aromatic nitrogens is 2. The number of carboxylic acid groups (broad SMARTS) is 1. The SMILES string of the molecule is CC(=O)NCc1nc2ccccc2n1CC(=O)O. The number of benzene rings is 1. The van der Waals surface area contributed by atoms with Crippen molar-refractivity contribution in [2.24, 2.45) is 0 Å². The van der Waals surface area contributed by atoms with Crippen LogP contribution in [0.2, 0.25) is 0 Å². The first-order valence-electron chi connectivity index (χ1n) is 5.48. The lowest BCUT2D eigenvalue weighted by Gasteiger charge is -2.06. The van der Waals surface area contributed by atoms with E-state index in [2.05, 4.69) is 10.3 Å². The Morgan fingerprint density at radius 3 is 2.78 bits per heavy atom. The molecule has 0 saturated heterocycles. The Kier molecular flexibility index (Phi) is 3.27. The van der Waals surface area contributed by atoms with E-state index in [1.54, 1.807) is 4.57 Å². The van der Waals surface area contributed by atoms with Crippen molar-refractivity contribution >= 4 is 22.9 Å². The zero-order chi connectivity index (χ0) is 13.1. The van der Waals surface area contributed by atoms with Crippen LogP contribution in [0.15, 0.2) is 24.3 Å². The van der Waals surface area contributed by atoms with E-state index in [9.17, 15) is 9.59 Å². The molecule has 1 heterocycles. The second kappa shape index (κ2) is 4.87. The summed E-state index contributed by atoms with van der Waals surface area (Å²) in [5.41, 5.74) is 1.47. The molecule has 1 aromatic heterocycles. The minimum atomic E-state index is -0.942. The highest BCUT2D eigenvalue weighted by molar-refractivity contribution is 5.78. The predicted octanol–water partition coefficient (Wildman–Crippen LogP) is 0.757. The third-order valence-corrected chi connectivity index (χ3v) is 2.52. The molecule has 2 aromatic rings. The Balaban J connectivity index is 2.42. The second-order valence-corrected chi connectivity index (χ2v) is 3.91. The molecule has 18 heavy (non-hydrogen) atoms. The molecule has 0 unspecified atom stereocenters. The lowest BCUT2D eigenvalue weighted by atomic mass is 10.3. The number of aliphatic carboxylic acids is 1. The molecule has 6 nitrogen and oxygen atoms in total. The Labute approximate surface area is 103 Å². The molecule has 6 heteroatoms. The zero-order valence-corrected chi connectivity index (χ0v) is 9.88. The topological polar surface area (TPSA) is 84.2 Å². The van der Waals surface area contributed by atoms with Crippen LogP contribution in [0.5, 0.6) is 0 Å². The van der Waals surface area contributed by atoms with E-state index >= 15 is 0 Å². The minimum Gasteiger partial charge on any atom is -0.480 e. The third-order valence-electron chi connectivity index (χ3n) is 2.52. The van der Waals surface area contributed by atoms with Crippen molar-refractivity contribution < 1.29 is 14.7 Å². The van der Waals surface area contributed by atoms with Crippen LogP contribution in [0.1, 0.15) is 12.7 Å². The molecule has 1 aromatic carbocycles. The van der Waals surface area contributed by atoms with Crippen LogP contribution in [0.3, 0.4) is 0 Å². The molecule has 0 atom stereocenters. The first-order valence-corrected chi connectivity index (χ1v) is 5.48. The van der Waals surface area contributed by atoms with Gasteiger partial charge in [-0.25, -0.2) is 4.98 Å². The van der Waals surface area contributed by atoms with Gasteiger partial charge in [0.25, 0.3) is 0 Å². The standard InChI is InChI=1S/C12H13N3O3/c1-8(16)13-6-11-14-9-4-2-3-5-10(9)15(11)7-12(17)18/h2-5H,6-7H2,1H3,(H,13,16)(H,17,18). The van der Waals surface area contributed by atoms with Crippen LogP contribution in [-0.2, 0) is 22.7 Å². The fourth-order valence-corrected chi connectivity index (χ4v) is 1.78. The Bertz CT molecular complexity index is 604. The molecule has 0 saturated carbocycles. The molecule has 0 aliphatic heterocycles. The second-order valence-electron chi connectivity index (χ2n) is 3.91. The van der Waals surface area contributed by atoms with Gasteiger partial charge in [0.05, 0.1) is 17.6 Å². The summed E-state index contributed by atoms with van der Waals surface area (Å²) in [6, 6.07) is 7.28. The van der Waals surface area contributed by atoms with Gasteiger partial charge in [-0.05, 0) is 12.1 Å². The number of carbonyl (C=O) groups excluding carboxylic acids is 1. The van der Waals surface area contributed by atoms with E-state index in [4.69, 9.17) is 5.11 Å². The Morgan fingerprint density at radius 2 is 2.11 bits per heavy atom. The number of hydrogen-bond donors (Lipinski definition) is 2. The quantitative estimate of drug-likeness (QED) is 0.835. The van der Waals surface area contributed by atoms with Crippen LogP contribution < -0.4 is 5.32 Å². The van der Waals surface area contributed by atoms with Crippen molar-refractivity contribution in [3.8, 4) is 0 Å². The van der Waals surface area contributed by atoms with E-state index in [0.29, 0.717) is 5.82 Å². The van der Waals surface area contributed by atoms with Gasteiger partial charge in [0.2, 0.25) is 5.91 Å². The van der Waals surface area contributed by atoms with Crippen LogP contribution in [0.25, 0.3) is 11.0 Å². The highest BCUT2D eigenvalue weighted by atomic mass is 16.4. The first-order chi connectivity index (χ1) is 8.58. The maximum Gasteiger partial charge on any atom is 0.323 e. The van der Waals surface area contributed by atoms with Crippen LogP contribution in [-0.4, -0.2) is 26.5 Å². The average Bonchev–Trinajstić information content (AvgIpc) is 2.64. The Hall–Kier alpha value is -2.37. The number of carbonyl (C=O) groups is 2. The first kappa shape index (κ1) is 12.1. The number of amides is 1. The van der Waals surface area contributed by atoms with Gasteiger partial charge in [0.15, 0.2) is 0 Å². The fourth-order valence-electron chi connectivity index (χ4n) is 1.78. The molecule has 94 valence electrons. The largest absolute Gasteiger partial charge is 0.480 e. The van der Waals surface area contributed by atoms with Gasteiger partial charge in [0.1, 0.15) is 12.4 Å². The summed E-state index contributed by atoms with van der Waals surface area (Å²) in [6.07, 6.45) is 0. The van der Waals surface area contributed by atoms with Gasteiger partial charge < -0.3 is 15.0 Å². The monoisotopic (exact) mass is 247 g/mol. The molecule has 2 N–H and O–H groups in total. The molecular weight excluding hydrogens is 234 g/mol. The van der Waals surface area contributed by atoms with E-state index in [1.165, 1.54) is 6.92 Å². The van der Waals surface area contributed by atoms with Gasteiger partial charge in [-0.2, -0.15) is 0 Å². The van der Waals surface area contributed by atoms with E-state index < -0.39 is 5.97 Å². The van der Waals surface area contributed by atoms with Crippen molar-refractivity contribution in [3.05, 3.63) is 30.1 Å². The minimum absolute atomic E-state index is 0.171. The normalized spacial score (nSPS) is 10.5. The maximum atomic E-state index is 10.9. The number of nitrogens with zero attached hydrogens (tertiary/aromatic N) is 2. The van der Waals surface area contributed by atoms with Crippen molar-refractivity contribution in [1.29, 1.82) is 0 Å². The van der Waals surface area contributed by atoms with Gasteiger partial charge in [-0.1, -0.05) is 12.1 Å². The summed E-state index contributed by atoms with van der Waals surface area (Å²) in [5.74, 6) is -0.583. The average molecular weight is 247 g/mol. The molecule has 2 rings (SSSR count). The van der Waals surface area contributed by atoms with Gasteiger partial charge in [-0.15, -0.1) is 0 Å². The van der Waals surface area contributed by atoms with Gasteiger partial charge >= 0.3 is 5.97 Å². The third kappa shape index (κ3) is 2.48. The molecule has 0 spiro atoms. The molecular formula is C12H13N3O3. The van der Waals surface area contributed by atoms with Crippen LogP contribution in [0, 0.1) is 0 Å². The summed E-state index contributed by atoms with van der Waals surface area (Å²) in [6.45, 7) is 1.46. The number of para-hydroxylation sites is 2. The zero-order valence-electron chi connectivity index (χ0n) is 9.88. The molecule has 0 radical (unpaired) electrons. The highest BCUT2D eigenvalue weighted by Gasteiger charge is 2.12. The lowest BCUT2D eigenvalue weighted by molar-refractivity contribution is -0.137. The number of imidazole rings is 1. The fraction of sp³-hybridized carbons (Fsp3) is 0.250. The molecule has 0 bridgehead atoms. The number of fused-ring (bicyclic) bond motifs is 1. The van der Waals surface area contributed by atoms with E-state index in [0.717, 1.165) is 11.0 Å². The summed E-state index contributed by atoms with van der Waals surface area (Å²) < 4.78 is 1.59. The van der Waals surface area contributed by atoms with Crippen LogP contribution in [0.4, 0.5) is 0 Å². The molecule has 0 fully saturated rings. The highest BCUT2D eigenvalue weighted by Crippen LogP contribution is 2.15. The number of rotatable bonds is 4. The van der Waals surface area contributed by atoms with Crippen molar-refractivity contribution in [2.45, 2.75) is 20.0 Å². The van der Waals surface area contributed by atoms with Crippen molar-refractivity contribution in [1.82, 2.24) is 14.9 Å². The molecule has 0 aliphatic rings. The number of carboxylic acids is 1. The molecule has 0 aliphatic carbocycles. The van der Waals surface area contributed by atoms with E-state index in [1.807, 2.05) is 24.3 Å². The van der Waals surface area contributed by atoms with E-state index in [-0.39, 0.29) is 19.0 Å². The van der Waals surface area contributed by atoms with Crippen molar-refractivity contribution in [2.75, 3.05) is 0 Å². The smallest absolute Gasteiger partial charge is 0.323 e. The summed E-state index contributed by atoms with van der Waals surface area (Å²) in [5, 5.41) is 11.5. The summed E-state index contributed by atoms with van der Waals surface area (Å²) in [4.78, 5) is 26.1. The maximum absolute atomic E-state index is 10.9. The number of nitrogens with one attached hydrogen (secondary N) is 1. The lowest BCUT2D eigenvalue weighted by Crippen LogP contribution is -2.22. The van der Waals surface area contributed by atoms with Gasteiger partial charge in [-0.3, -0.25) is 9.59 Å². The predicted molar refractivity (Wildman–Crippen MR) is 64.9 cm³/mol.